The van der Waals surface area contributed by atoms with Crippen LogP contribution in [0.3, 0.4) is 0 Å². The number of aliphatic hydroxyl groups excluding tert-OH is 1. The third kappa shape index (κ3) is 5.50. The molecule has 0 spiro atoms. The molecule has 1 aromatic carbocycles. The molecule has 2 N–H and O–H groups in total. The quantitative estimate of drug-likeness (QED) is 0.714. The van der Waals surface area contributed by atoms with Gasteiger partial charge in [0.05, 0.1) is 0 Å². The monoisotopic (exact) mass is 235 g/mol. The first-order chi connectivity index (χ1) is 8.26. The molecule has 0 aliphatic rings. The van der Waals surface area contributed by atoms with Crippen LogP contribution in [0.2, 0.25) is 0 Å². The molecular formula is C14H21NO2. The Hall–Kier alpha value is -1.35. The summed E-state index contributed by atoms with van der Waals surface area (Å²) in [6.45, 7) is 2.30. The van der Waals surface area contributed by atoms with Crippen LogP contribution in [-0.2, 0) is 11.2 Å². The average molecular weight is 235 g/mol. The van der Waals surface area contributed by atoms with Gasteiger partial charge in [-0.25, -0.2) is 0 Å². The lowest BCUT2D eigenvalue weighted by molar-refractivity contribution is -0.116. The van der Waals surface area contributed by atoms with Crippen molar-refractivity contribution in [1.82, 2.24) is 0 Å². The zero-order valence-corrected chi connectivity index (χ0v) is 10.4. The van der Waals surface area contributed by atoms with Crippen LogP contribution < -0.4 is 5.32 Å². The standard InChI is InChI=1S/C14H21NO2/c1-2-5-12-7-9-13(10-8-12)15-14(17)6-3-4-11-16/h7-10,16H,2-6,11H2,1H3,(H,15,17). The maximum Gasteiger partial charge on any atom is 0.224 e. The minimum atomic E-state index is 0.0155. The number of nitrogens with one attached hydrogen (secondary N) is 1. The molecule has 94 valence electrons. The molecule has 3 nitrogen and oxygen atoms in total. The highest BCUT2D eigenvalue weighted by molar-refractivity contribution is 5.90. The zero-order valence-electron chi connectivity index (χ0n) is 10.4. The van der Waals surface area contributed by atoms with E-state index in [1.165, 1.54) is 5.56 Å². The molecule has 0 saturated carbocycles. The molecule has 1 rings (SSSR count). The van der Waals surface area contributed by atoms with E-state index in [-0.39, 0.29) is 12.5 Å². The molecule has 0 bridgehead atoms. The van der Waals surface area contributed by atoms with Gasteiger partial charge in [-0.2, -0.15) is 0 Å². The van der Waals surface area contributed by atoms with Crippen molar-refractivity contribution in [2.45, 2.75) is 39.0 Å². The third-order valence-corrected chi connectivity index (χ3v) is 2.59. The molecule has 3 heteroatoms. The second-order valence-electron chi connectivity index (χ2n) is 4.18. The highest BCUT2D eigenvalue weighted by atomic mass is 16.2. The number of aliphatic hydroxyl groups is 1. The number of unbranched alkanes of at least 4 members (excludes halogenated alkanes) is 1. The Bertz CT molecular complexity index is 333. The number of rotatable bonds is 7. The number of carbonyl (C=O) groups excluding carboxylic acids is 1. The fourth-order valence-corrected chi connectivity index (χ4v) is 1.66. The summed E-state index contributed by atoms with van der Waals surface area (Å²) in [5.41, 5.74) is 2.14. The van der Waals surface area contributed by atoms with Gasteiger partial charge >= 0.3 is 0 Å². The van der Waals surface area contributed by atoms with Crippen molar-refractivity contribution in [1.29, 1.82) is 0 Å². The number of benzene rings is 1. The van der Waals surface area contributed by atoms with Crippen molar-refractivity contribution in [3.8, 4) is 0 Å². The van der Waals surface area contributed by atoms with Crippen LogP contribution in [-0.4, -0.2) is 17.6 Å². The Morgan fingerprint density at radius 1 is 1.24 bits per heavy atom. The summed E-state index contributed by atoms with van der Waals surface area (Å²) in [4.78, 5) is 11.5. The van der Waals surface area contributed by atoms with E-state index in [0.29, 0.717) is 12.8 Å². The van der Waals surface area contributed by atoms with Gasteiger partial charge < -0.3 is 10.4 Å². The highest BCUT2D eigenvalue weighted by Crippen LogP contribution is 2.11. The highest BCUT2D eigenvalue weighted by Gasteiger charge is 2.01. The van der Waals surface area contributed by atoms with Crippen molar-refractivity contribution in [3.63, 3.8) is 0 Å². The summed E-state index contributed by atoms with van der Waals surface area (Å²) in [6, 6.07) is 7.98. The first-order valence-corrected chi connectivity index (χ1v) is 6.26. The van der Waals surface area contributed by atoms with Gasteiger partial charge in [0.1, 0.15) is 0 Å². The van der Waals surface area contributed by atoms with Crippen LogP contribution in [0.4, 0.5) is 5.69 Å². The molecule has 1 aromatic rings. The van der Waals surface area contributed by atoms with Crippen LogP contribution in [0.25, 0.3) is 0 Å². The molecule has 1 amide bonds. The summed E-state index contributed by atoms with van der Waals surface area (Å²) in [5.74, 6) is 0.0155. The Morgan fingerprint density at radius 3 is 2.53 bits per heavy atom. The van der Waals surface area contributed by atoms with Crippen molar-refractivity contribution < 1.29 is 9.90 Å². The summed E-state index contributed by atoms with van der Waals surface area (Å²) < 4.78 is 0. The largest absolute Gasteiger partial charge is 0.396 e. The molecule has 0 aliphatic heterocycles. The lowest BCUT2D eigenvalue weighted by Crippen LogP contribution is -2.11. The summed E-state index contributed by atoms with van der Waals surface area (Å²) in [7, 11) is 0. The minimum Gasteiger partial charge on any atom is -0.396 e. The minimum absolute atomic E-state index is 0.0155. The maximum absolute atomic E-state index is 11.5. The number of aryl methyl sites for hydroxylation is 1. The molecule has 0 radical (unpaired) electrons. The van der Waals surface area contributed by atoms with Gasteiger partial charge in [0, 0.05) is 18.7 Å². The van der Waals surface area contributed by atoms with Crippen molar-refractivity contribution >= 4 is 11.6 Å². The number of hydrogen-bond donors (Lipinski definition) is 2. The first kappa shape index (κ1) is 13.7. The molecule has 17 heavy (non-hydrogen) atoms. The number of carbonyl (C=O) groups is 1. The SMILES string of the molecule is CCCc1ccc(NC(=O)CCCCO)cc1. The molecule has 0 aliphatic carbocycles. The van der Waals surface area contributed by atoms with Gasteiger partial charge in [0.15, 0.2) is 0 Å². The van der Waals surface area contributed by atoms with Crippen molar-refractivity contribution in [2.75, 3.05) is 11.9 Å². The van der Waals surface area contributed by atoms with Crippen LogP contribution in [0.1, 0.15) is 38.2 Å². The van der Waals surface area contributed by atoms with E-state index in [2.05, 4.69) is 12.2 Å². The molecule has 0 aromatic heterocycles. The number of amides is 1. The van der Waals surface area contributed by atoms with E-state index in [1.807, 2.05) is 24.3 Å². The van der Waals surface area contributed by atoms with E-state index in [0.717, 1.165) is 24.9 Å². The van der Waals surface area contributed by atoms with E-state index in [9.17, 15) is 4.79 Å². The van der Waals surface area contributed by atoms with E-state index in [4.69, 9.17) is 5.11 Å². The normalized spacial score (nSPS) is 10.2. The van der Waals surface area contributed by atoms with Gasteiger partial charge in [-0.3, -0.25) is 4.79 Å². The smallest absolute Gasteiger partial charge is 0.224 e. The third-order valence-electron chi connectivity index (χ3n) is 2.59. The van der Waals surface area contributed by atoms with E-state index >= 15 is 0 Å². The van der Waals surface area contributed by atoms with Crippen LogP contribution >= 0.6 is 0 Å². The lowest BCUT2D eigenvalue weighted by Gasteiger charge is -2.06. The summed E-state index contributed by atoms with van der Waals surface area (Å²) >= 11 is 0. The second kappa shape index (κ2) is 7.85. The fourth-order valence-electron chi connectivity index (χ4n) is 1.66. The predicted molar refractivity (Wildman–Crippen MR) is 70.0 cm³/mol. The van der Waals surface area contributed by atoms with Crippen LogP contribution in [0, 0.1) is 0 Å². The first-order valence-electron chi connectivity index (χ1n) is 6.26. The van der Waals surface area contributed by atoms with Gasteiger partial charge in [0.25, 0.3) is 0 Å². The van der Waals surface area contributed by atoms with Gasteiger partial charge in [0.2, 0.25) is 5.91 Å². The molecule has 0 heterocycles. The van der Waals surface area contributed by atoms with E-state index < -0.39 is 0 Å². The van der Waals surface area contributed by atoms with Crippen LogP contribution in [0.5, 0.6) is 0 Å². The summed E-state index contributed by atoms with van der Waals surface area (Å²) in [6.07, 6.45) is 4.09. The van der Waals surface area contributed by atoms with Gasteiger partial charge in [-0.1, -0.05) is 25.5 Å². The number of anilines is 1. The average Bonchev–Trinajstić information content (AvgIpc) is 2.32. The zero-order chi connectivity index (χ0) is 12.5. The molecule has 0 fully saturated rings. The van der Waals surface area contributed by atoms with Crippen molar-refractivity contribution in [3.05, 3.63) is 29.8 Å². The molecule has 0 atom stereocenters. The van der Waals surface area contributed by atoms with Gasteiger partial charge in [-0.15, -0.1) is 0 Å². The second-order valence-corrected chi connectivity index (χ2v) is 4.18. The molecular weight excluding hydrogens is 214 g/mol. The Balaban J connectivity index is 2.37. The fraction of sp³-hybridized carbons (Fsp3) is 0.500. The summed E-state index contributed by atoms with van der Waals surface area (Å²) in [5, 5.41) is 11.5. The Kier molecular flexibility index (Phi) is 6.33. The number of hydrogen-bond acceptors (Lipinski definition) is 2. The molecule has 0 saturated heterocycles. The van der Waals surface area contributed by atoms with Gasteiger partial charge in [-0.05, 0) is 37.0 Å². The van der Waals surface area contributed by atoms with Crippen LogP contribution in [0.15, 0.2) is 24.3 Å². The molecule has 0 unspecified atom stereocenters. The van der Waals surface area contributed by atoms with E-state index in [1.54, 1.807) is 0 Å². The maximum atomic E-state index is 11.5. The topological polar surface area (TPSA) is 49.3 Å². The predicted octanol–water partition coefficient (Wildman–Crippen LogP) is 2.74. The Morgan fingerprint density at radius 2 is 1.94 bits per heavy atom. The lowest BCUT2D eigenvalue weighted by atomic mass is 10.1. The Labute approximate surface area is 103 Å². The van der Waals surface area contributed by atoms with Crippen molar-refractivity contribution in [2.24, 2.45) is 0 Å².